The average Bonchev–Trinajstić information content (AvgIpc) is 3.03. The number of amides is 1. The molecule has 1 amide bonds. The van der Waals surface area contributed by atoms with Gasteiger partial charge in [-0.05, 0) is 38.5 Å². The van der Waals surface area contributed by atoms with Gasteiger partial charge in [-0.25, -0.2) is 4.98 Å². The molecule has 1 aromatic rings. The van der Waals surface area contributed by atoms with E-state index in [1.54, 1.807) is 12.0 Å². The molecule has 7 nitrogen and oxygen atoms in total. The number of rotatable bonds is 5. The molecule has 1 aromatic heterocycles. The summed E-state index contributed by atoms with van der Waals surface area (Å²) in [6.07, 6.45) is 2.42. The SMILES string of the molecule is COCc1nc([C@H]2CN(C(=O)C(C)(C)O)C[C@@H]2C2CC2)n[nH]1. The Bertz CT molecular complexity index is 547. The smallest absolute Gasteiger partial charge is 0.253 e. The van der Waals surface area contributed by atoms with Crippen LogP contribution in [0.4, 0.5) is 0 Å². The maximum absolute atomic E-state index is 12.3. The zero-order chi connectivity index (χ0) is 15.9. The molecule has 1 saturated heterocycles. The van der Waals surface area contributed by atoms with Crippen LogP contribution in [-0.4, -0.2) is 56.9 Å². The normalized spacial score (nSPS) is 25.7. The Morgan fingerprint density at radius 2 is 2.18 bits per heavy atom. The minimum absolute atomic E-state index is 0.139. The Hall–Kier alpha value is -1.47. The number of hydrogen-bond donors (Lipinski definition) is 2. The van der Waals surface area contributed by atoms with E-state index in [1.807, 2.05) is 0 Å². The molecular weight excluding hydrogens is 284 g/mol. The van der Waals surface area contributed by atoms with Crippen LogP contribution in [0, 0.1) is 11.8 Å². The number of methoxy groups -OCH3 is 1. The van der Waals surface area contributed by atoms with Crippen LogP contribution in [0.3, 0.4) is 0 Å². The third kappa shape index (κ3) is 3.01. The fourth-order valence-corrected chi connectivity index (χ4v) is 3.33. The second-order valence-electron chi connectivity index (χ2n) is 6.95. The van der Waals surface area contributed by atoms with Gasteiger partial charge in [0.15, 0.2) is 11.6 Å². The summed E-state index contributed by atoms with van der Waals surface area (Å²) < 4.78 is 5.06. The molecule has 1 aliphatic heterocycles. The number of aliphatic hydroxyl groups is 1. The summed E-state index contributed by atoms with van der Waals surface area (Å²) in [5, 5.41) is 17.2. The number of aromatic nitrogens is 3. The van der Waals surface area contributed by atoms with Gasteiger partial charge in [-0.2, -0.15) is 5.10 Å². The van der Waals surface area contributed by atoms with E-state index in [1.165, 1.54) is 26.7 Å². The van der Waals surface area contributed by atoms with Gasteiger partial charge in [-0.1, -0.05) is 0 Å². The fraction of sp³-hybridized carbons (Fsp3) is 0.800. The van der Waals surface area contributed by atoms with E-state index in [2.05, 4.69) is 15.2 Å². The fourth-order valence-electron chi connectivity index (χ4n) is 3.33. The number of ether oxygens (including phenoxy) is 1. The zero-order valence-corrected chi connectivity index (χ0v) is 13.4. The number of likely N-dealkylation sites (tertiary alicyclic amines) is 1. The van der Waals surface area contributed by atoms with Crippen LogP contribution in [-0.2, 0) is 16.1 Å². The highest BCUT2D eigenvalue weighted by molar-refractivity contribution is 5.84. The molecule has 3 rings (SSSR count). The third-order valence-corrected chi connectivity index (χ3v) is 4.56. The number of carbonyl (C=O) groups is 1. The van der Waals surface area contributed by atoms with Crippen molar-refractivity contribution in [2.24, 2.45) is 11.8 Å². The molecule has 2 heterocycles. The first-order valence-electron chi connectivity index (χ1n) is 7.82. The molecule has 1 aliphatic carbocycles. The van der Waals surface area contributed by atoms with Gasteiger partial charge < -0.3 is 14.7 Å². The number of hydrogen-bond acceptors (Lipinski definition) is 5. The van der Waals surface area contributed by atoms with Crippen molar-refractivity contribution in [2.75, 3.05) is 20.2 Å². The largest absolute Gasteiger partial charge is 0.381 e. The summed E-state index contributed by atoms with van der Waals surface area (Å²) in [6, 6.07) is 0. The monoisotopic (exact) mass is 308 g/mol. The van der Waals surface area contributed by atoms with Crippen LogP contribution in [0.1, 0.15) is 44.3 Å². The first kappa shape index (κ1) is 15.4. The molecule has 0 radical (unpaired) electrons. The number of nitrogens with zero attached hydrogens (tertiary/aromatic N) is 3. The second-order valence-corrected chi connectivity index (χ2v) is 6.95. The zero-order valence-electron chi connectivity index (χ0n) is 13.4. The van der Waals surface area contributed by atoms with E-state index in [-0.39, 0.29) is 11.8 Å². The number of nitrogens with one attached hydrogen (secondary N) is 1. The van der Waals surface area contributed by atoms with E-state index < -0.39 is 5.60 Å². The summed E-state index contributed by atoms with van der Waals surface area (Å²) >= 11 is 0. The van der Waals surface area contributed by atoms with E-state index in [0.29, 0.717) is 37.4 Å². The van der Waals surface area contributed by atoms with Crippen molar-refractivity contribution >= 4 is 5.91 Å². The lowest BCUT2D eigenvalue weighted by molar-refractivity contribution is -0.146. The predicted molar refractivity (Wildman–Crippen MR) is 78.9 cm³/mol. The highest BCUT2D eigenvalue weighted by Crippen LogP contribution is 2.47. The van der Waals surface area contributed by atoms with Gasteiger partial charge in [0.1, 0.15) is 12.2 Å². The van der Waals surface area contributed by atoms with E-state index in [4.69, 9.17) is 4.74 Å². The molecule has 122 valence electrons. The lowest BCUT2D eigenvalue weighted by atomic mass is 9.91. The highest BCUT2D eigenvalue weighted by atomic mass is 16.5. The molecule has 0 aromatic carbocycles. The van der Waals surface area contributed by atoms with Gasteiger partial charge in [0, 0.05) is 26.1 Å². The third-order valence-electron chi connectivity index (χ3n) is 4.56. The molecule has 22 heavy (non-hydrogen) atoms. The van der Waals surface area contributed by atoms with Crippen LogP contribution in [0.2, 0.25) is 0 Å². The Labute approximate surface area is 130 Å². The first-order chi connectivity index (χ1) is 10.4. The van der Waals surface area contributed by atoms with Crippen molar-refractivity contribution in [3.05, 3.63) is 11.6 Å². The Balaban J connectivity index is 1.78. The van der Waals surface area contributed by atoms with E-state index >= 15 is 0 Å². The van der Waals surface area contributed by atoms with Crippen LogP contribution < -0.4 is 0 Å². The van der Waals surface area contributed by atoms with Crippen molar-refractivity contribution < 1.29 is 14.6 Å². The summed E-state index contributed by atoms with van der Waals surface area (Å²) in [5.74, 6) is 2.43. The number of H-pyrrole nitrogens is 1. The summed E-state index contributed by atoms with van der Waals surface area (Å²) in [7, 11) is 1.62. The minimum atomic E-state index is -1.33. The topological polar surface area (TPSA) is 91.3 Å². The van der Waals surface area contributed by atoms with Gasteiger partial charge >= 0.3 is 0 Å². The molecule has 1 saturated carbocycles. The predicted octanol–water partition coefficient (Wildman–Crippen LogP) is 0.674. The maximum atomic E-state index is 12.3. The van der Waals surface area contributed by atoms with Crippen molar-refractivity contribution in [2.45, 2.75) is 44.8 Å². The molecule has 2 aliphatic rings. The Morgan fingerprint density at radius 1 is 1.45 bits per heavy atom. The second kappa shape index (κ2) is 5.62. The van der Waals surface area contributed by atoms with Crippen molar-refractivity contribution in [1.82, 2.24) is 20.1 Å². The van der Waals surface area contributed by atoms with E-state index in [9.17, 15) is 9.90 Å². The minimum Gasteiger partial charge on any atom is -0.381 e. The summed E-state index contributed by atoms with van der Waals surface area (Å²) in [5.41, 5.74) is -1.33. The molecule has 2 atom stereocenters. The van der Waals surface area contributed by atoms with Gasteiger partial charge in [-0.3, -0.25) is 9.89 Å². The molecule has 2 N–H and O–H groups in total. The van der Waals surface area contributed by atoms with Crippen LogP contribution >= 0.6 is 0 Å². The van der Waals surface area contributed by atoms with Gasteiger partial charge in [-0.15, -0.1) is 0 Å². The standard InChI is InChI=1S/C15H24N4O3/c1-15(2,21)14(20)19-6-10(9-4-5-9)11(7-19)13-16-12(8-22-3)17-18-13/h9-11,21H,4-8H2,1-3H3,(H,16,17,18)/t10-,11+/m1/s1. The summed E-state index contributed by atoms with van der Waals surface area (Å²) in [4.78, 5) is 18.6. The van der Waals surface area contributed by atoms with Crippen molar-refractivity contribution in [3.8, 4) is 0 Å². The number of carbonyl (C=O) groups excluding carboxylic acids is 1. The molecule has 0 bridgehead atoms. The van der Waals surface area contributed by atoms with E-state index in [0.717, 1.165) is 5.82 Å². The Kier molecular flexibility index (Phi) is 3.94. The average molecular weight is 308 g/mol. The van der Waals surface area contributed by atoms with Crippen LogP contribution in [0.25, 0.3) is 0 Å². The summed E-state index contributed by atoms with van der Waals surface area (Å²) in [6.45, 7) is 4.75. The molecule has 2 fully saturated rings. The van der Waals surface area contributed by atoms with Crippen molar-refractivity contribution in [1.29, 1.82) is 0 Å². The quantitative estimate of drug-likeness (QED) is 0.834. The maximum Gasteiger partial charge on any atom is 0.253 e. The van der Waals surface area contributed by atoms with Gasteiger partial charge in [0.2, 0.25) is 0 Å². The Morgan fingerprint density at radius 3 is 2.77 bits per heavy atom. The first-order valence-corrected chi connectivity index (χ1v) is 7.82. The number of aromatic amines is 1. The lowest BCUT2D eigenvalue weighted by Crippen LogP contribution is -2.44. The van der Waals surface area contributed by atoms with Crippen LogP contribution in [0.5, 0.6) is 0 Å². The molecule has 0 unspecified atom stereocenters. The molecular formula is C15H24N4O3. The van der Waals surface area contributed by atoms with Crippen molar-refractivity contribution in [3.63, 3.8) is 0 Å². The molecule has 7 heteroatoms. The molecule has 0 spiro atoms. The lowest BCUT2D eigenvalue weighted by Gasteiger charge is -2.24. The van der Waals surface area contributed by atoms with Gasteiger partial charge in [0.25, 0.3) is 5.91 Å². The van der Waals surface area contributed by atoms with Gasteiger partial charge in [0.05, 0.1) is 0 Å². The highest BCUT2D eigenvalue weighted by Gasteiger charge is 2.47. The van der Waals surface area contributed by atoms with Crippen LogP contribution in [0.15, 0.2) is 0 Å².